The van der Waals surface area contributed by atoms with Gasteiger partial charge < -0.3 is 14.6 Å². The smallest absolute Gasteiger partial charge is 0.419 e. The number of rotatable bonds is 4. The number of carbonyl (C=O) groups excluding carboxylic acids is 1. The van der Waals surface area contributed by atoms with Crippen molar-refractivity contribution in [3.8, 4) is 5.75 Å². The largest absolute Gasteiger partial charge is 0.545 e. The molecule has 0 aliphatic heterocycles. The van der Waals surface area contributed by atoms with Crippen molar-refractivity contribution in [1.29, 1.82) is 0 Å². The zero-order chi connectivity index (χ0) is 16.8. The minimum Gasteiger partial charge on any atom is -0.545 e. The Morgan fingerprint density at radius 1 is 1.39 bits per heavy atom. The van der Waals surface area contributed by atoms with Crippen LogP contribution in [0.2, 0.25) is 0 Å². The SMILES string of the molecule is CCC1(Oc2cc(C(=O)[O-])ccc2C(F)(F)F)CC2CCC1C2. The second-order valence-electron chi connectivity index (χ2n) is 6.60. The molecule has 2 aliphatic rings. The topological polar surface area (TPSA) is 49.4 Å². The van der Waals surface area contributed by atoms with Gasteiger partial charge in [-0.15, -0.1) is 0 Å². The zero-order valence-electron chi connectivity index (χ0n) is 12.8. The van der Waals surface area contributed by atoms with Gasteiger partial charge in [-0.05, 0) is 56.1 Å². The highest BCUT2D eigenvalue weighted by Gasteiger charge is 2.52. The van der Waals surface area contributed by atoms with Gasteiger partial charge in [-0.25, -0.2) is 0 Å². The van der Waals surface area contributed by atoms with Gasteiger partial charge in [-0.2, -0.15) is 13.2 Å². The molecule has 0 amide bonds. The Kier molecular flexibility index (Phi) is 3.81. The van der Waals surface area contributed by atoms with Gasteiger partial charge in [0.1, 0.15) is 11.4 Å². The number of hydrogen-bond donors (Lipinski definition) is 0. The van der Waals surface area contributed by atoms with Gasteiger partial charge in [0.2, 0.25) is 0 Å². The van der Waals surface area contributed by atoms with E-state index in [-0.39, 0.29) is 11.5 Å². The van der Waals surface area contributed by atoms with E-state index in [1.807, 2.05) is 6.92 Å². The fourth-order valence-corrected chi connectivity index (χ4v) is 4.21. The van der Waals surface area contributed by atoms with Crippen LogP contribution in [0.1, 0.15) is 54.9 Å². The molecule has 1 aromatic rings. The molecule has 3 unspecified atom stereocenters. The van der Waals surface area contributed by atoms with Crippen molar-refractivity contribution in [1.82, 2.24) is 0 Å². The van der Waals surface area contributed by atoms with Crippen LogP contribution in [0, 0.1) is 11.8 Å². The first kappa shape index (κ1) is 16.1. The lowest BCUT2D eigenvalue weighted by atomic mass is 9.82. The molecule has 2 saturated carbocycles. The van der Waals surface area contributed by atoms with Crippen LogP contribution < -0.4 is 9.84 Å². The highest BCUT2D eigenvalue weighted by molar-refractivity contribution is 5.86. The highest BCUT2D eigenvalue weighted by atomic mass is 19.4. The number of carboxylic acid groups (broad SMARTS) is 1. The molecule has 3 atom stereocenters. The predicted molar refractivity (Wildman–Crippen MR) is 74.9 cm³/mol. The van der Waals surface area contributed by atoms with Gasteiger partial charge in [0.05, 0.1) is 11.5 Å². The maximum Gasteiger partial charge on any atom is 0.419 e. The Morgan fingerprint density at radius 2 is 2.13 bits per heavy atom. The normalized spacial score (nSPS) is 29.7. The van der Waals surface area contributed by atoms with E-state index in [2.05, 4.69) is 0 Å². The van der Waals surface area contributed by atoms with Crippen LogP contribution in [0.25, 0.3) is 0 Å². The van der Waals surface area contributed by atoms with Gasteiger partial charge in [-0.1, -0.05) is 13.0 Å². The van der Waals surface area contributed by atoms with Gasteiger partial charge in [0, 0.05) is 5.56 Å². The van der Waals surface area contributed by atoms with Gasteiger partial charge in [-0.3, -0.25) is 0 Å². The van der Waals surface area contributed by atoms with Crippen LogP contribution in [0.4, 0.5) is 13.2 Å². The van der Waals surface area contributed by atoms with E-state index in [0.717, 1.165) is 43.9 Å². The van der Waals surface area contributed by atoms with E-state index in [1.165, 1.54) is 0 Å². The molecule has 3 rings (SSSR count). The molecule has 0 aromatic heterocycles. The van der Waals surface area contributed by atoms with E-state index in [0.29, 0.717) is 12.3 Å². The van der Waals surface area contributed by atoms with Crippen molar-refractivity contribution in [2.45, 2.75) is 50.8 Å². The number of benzene rings is 1. The third-order valence-corrected chi connectivity index (χ3v) is 5.35. The molecule has 6 heteroatoms. The minimum absolute atomic E-state index is 0.241. The van der Waals surface area contributed by atoms with Crippen LogP contribution in [0.15, 0.2) is 18.2 Å². The predicted octanol–water partition coefficient (Wildman–Crippen LogP) is 3.42. The monoisotopic (exact) mass is 327 g/mol. The van der Waals surface area contributed by atoms with E-state index >= 15 is 0 Å². The van der Waals surface area contributed by atoms with Gasteiger partial charge in [0.25, 0.3) is 0 Å². The molecule has 0 spiro atoms. The zero-order valence-corrected chi connectivity index (χ0v) is 12.8. The van der Waals surface area contributed by atoms with Crippen molar-refractivity contribution in [3.63, 3.8) is 0 Å². The summed E-state index contributed by atoms with van der Waals surface area (Å²) in [5.41, 5.74) is -1.85. The number of alkyl halides is 3. The van der Waals surface area contributed by atoms with E-state index in [9.17, 15) is 23.1 Å². The van der Waals surface area contributed by atoms with Crippen LogP contribution in [0.5, 0.6) is 5.75 Å². The first-order chi connectivity index (χ1) is 10.7. The molecule has 3 nitrogen and oxygen atoms in total. The van der Waals surface area contributed by atoms with Crippen molar-refractivity contribution < 1.29 is 27.8 Å². The molecule has 2 fully saturated rings. The number of aromatic carboxylic acids is 1. The minimum atomic E-state index is -4.59. The fourth-order valence-electron chi connectivity index (χ4n) is 4.21. The first-order valence-electron chi connectivity index (χ1n) is 7.87. The maximum atomic E-state index is 13.2. The van der Waals surface area contributed by atoms with E-state index < -0.39 is 29.1 Å². The summed E-state index contributed by atoms with van der Waals surface area (Å²) in [6, 6.07) is 2.61. The highest BCUT2D eigenvalue weighted by Crippen LogP contribution is 2.54. The first-order valence-corrected chi connectivity index (χ1v) is 7.87. The summed E-state index contributed by atoms with van der Waals surface area (Å²) in [4.78, 5) is 11.0. The number of fused-ring (bicyclic) bond motifs is 2. The van der Waals surface area contributed by atoms with Crippen molar-refractivity contribution in [2.75, 3.05) is 0 Å². The number of ether oxygens (including phenoxy) is 1. The Balaban J connectivity index is 2.00. The third kappa shape index (κ3) is 2.79. The molecule has 2 bridgehead atoms. The molecule has 0 radical (unpaired) electrons. The third-order valence-electron chi connectivity index (χ3n) is 5.35. The fraction of sp³-hybridized carbons (Fsp3) is 0.588. The Morgan fingerprint density at radius 3 is 2.61 bits per heavy atom. The lowest BCUT2D eigenvalue weighted by molar-refractivity contribution is -0.255. The molecular formula is C17H18F3O3-. The van der Waals surface area contributed by atoms with Crippen molar-refractivity contribution in [3.05, 3.63) is 29.3 Å². The number of halogens is 3. The average molecular weight is 327 g/mol. The lowest BCUT2D eigenvalue weighted by Gasteiger charge is -2.38. The molecule has 1 aromatic carbocycles. The Bertz CT molecular complexity index is 626. The molecule has 0 saturated heterocycles. The van der Waals surface area contributed by atoms with E-state index in [1.54, 1.807) is 0 Å². The van der Waals surface area contributed by atoms with Crippen LogP contribution in [0.3, 0.4) is 0 Å². The lowest BCUT2D eigenvalue weighted by Crippen LogP contribution is -2.41. The summed E-state index contributed by atoms with van der Waals surface area (Å²) in [6.07, 6.45) is -0.204. The van der Waals surface area contributed by atoms with Gasteiger partial charge in [0.15, 0.2) is 0 Å². The van der Waals surface area contributed by atoms with Gasteiger partial charge >= 0.3 is 6.18 Å². The second kappa shape index (κ2) is 5.42. The average Bonchev–Trinajstić information content (AvgIpc) is 3.07. The summed E-state index contributed by atoms with van der Waals surface area (Å²) in [6.45, 7) is 1.91. The van der Waals surface area contributed by atoms with Crippen LogP contribution >= 0.6 is 0 Å². The standard InChI is InChI=1S/C17H19F3O3/c1-2-16(9-10-3-5-12(16)7-10)23-14-8-11(15(21)22)4-6-13(14)17(18,19)20/h4,6,8,10,12H,2-3,5,7,9H2,1H3,(H,21,22)/p-1. The quantitative estimate of drug-likeness (QED) is 0.851. The maximum absolute atomic E-state index is 13.2. The number of hydrogen-bond acceptors (Lipinski definition) is 3. The number of carbonyl (C=O) groups is 1. The van der Waals surface area contributed by atoms with Crippen LogP contribution in [-0.4, -0.2) is 11.6 Å². The summed E-state index contributed by atoms with van der Waals surface area (Å²) in [5, 5.41) is 11.0. The molecule has 2 aliphatic carbocycles. The van der Waals surface area contributed by atoms with E-state index in [4.69, 9.17) is 4.74 Å². The summed E-state index contributed by atoms with van der Waals surface area (Å²) < 4.78 is 45.6. The van der Waals surface area contributed by atoms with Crippen molar-refractivity contribution >= 4 is 5.97 Å². The molecule has 23 heavy (non-hydrogen) atoms. The summed E-state index contributed by atoms with van der Waals surface area (Å²) in [7, 11) is 0. The Hall–Kier alpha value is -1.72. The Labute approximate surface area is 132 Å². The van der Waals surface area contributed by atoms with Crippen LogP contribution in [-0.2, 0) is 6.18 Å². The number of carboxylic acids is 1. The molecule has 0 heterocycles. The molecule has 126 valence electrons. The molecular weight excluding hydrogens is 309 g/mol. The second-order valence-corrected chi connectivity index (χ2v) is 6.60. The summed E-state index contributed by atoms with van der Waals surface area (Å²) >= 11 is 0. The summed E-state index contributed by atoms with van der Waals surface area (Å²) in [5.74, 6) is -1.17. The molecule has 0 N–H and O–H groups in total. The van der Waals surface area contributed by atoms with Crippen molar-refractivity contribution in [2.24, 2.45) is 11.8 Å².